The number of nitrogens with zero attached hydrogens (tertiary/aromatic N) is 2. The molecule has 2 rings (SSSR count). The fourth-order valence-corrected chi connectivity index (χ4v) is 1.91. The number of aromatic nitrogens is 2. The van der Waals surface area contributed by atoms with Gasteiger partial charge in [-0.1, -0.05) is 11.6 Å². The molecule has 16 heavy (non-hydrogen) atoms. The number of hydrogen-bond donors (Lipinski definition) is 0. The lowest BCUT2D eigenvalue weighted by Crippen LogP contribution is -2.25. The van der Waals surface area contributed by atoms with Crippen molar-refractivity contribution in [1.29, 1.82) is 0 Å². The maximum Gasteiger partial charge on any atom is 0.161 e. The van der Waals surface area contributed by atoms with Gasteiger partial charge in [0, 0.05) is 18.2 Å². The summed E-state index contributed by atoms with van der Waals surface area (Å²) in [4.78, 5) is 8.83. The second-order valence-corrected chi connectivity index (χ2v) is 5.04. The lowest BCUT2D eigenvalue weighted by atomic mass is 10.1. The highest BCUT2D eigenvalue weighted by molar-refractivity contribution is 6.29. The summed E-state index contributed by atoms with van der Waals surface area (Å²) in [5, 5.41) is 0.514. The minimum absolute atomic E-state index is 0.469. The summed E-state index contributed by atoms with van der Waals surface area (Å²) in [7, 11) is 0. The Morgan fingerprint density at radius 3 is 2.69 bits per heavy atom. The Labute approximate surface area is 101 Å². The average molecular weight is 241 g/mol. The molecule has 1 aromatic heterocycles. The van der Waals surface area contributed by atoms with Gasteiger partial charge < -0.3 is 4.74 Å². The van der Waals surface area contributed by atoms with Crippen molar-refractivity contribution in [3.63, 3.8) is 0 Å². The third-order valence-electron chi connectivity index (χ3n) is 2.75. The molecule has 0 bridgehead atoms. The predicted octanol–water partition coefficient (Wildman–Crippen LogP) is 3.28. The molecular formula is C12H17ClN2O. The van der Waals surface area contributed by atoms with Crippen LogP contribution in [0.25, 0.3) is 0 Å². The lowest BCUT2D eigenvalue weighted by molar-refractivity contribution is -0.0209. The summed E-state index contributed by atoms with van der Waals surface area (Å²) < 4.78 is 5.64. The van der Waals surface area contributed by atoms with Crippen molar-refractivity contribution in [3.05, 3.63) is 22.7 Å². The third-order valence-corrected chi connectivity index (χ3v) is 2.95. The standard InChI is InChI=1S/C12H17ClN2O/c1-4-16-12(2,3)11-14-9(8-5-6-8)7-10(13)15-11/h7-8H,4-6H2,1-3H3. The van der Waals surface area contributed by atoms with E-state index in [1.165, 1.54) is 12.8 Å². The van der Waals surface area contributed by atoms with Gasteiger partial charge >= 0.3 is 0 Å². The van der Waals surface area contributed by atoms with Gasteiger partial charge in [0.15, 0.2) is 5.82 Å². The molecule has 1 aliphatic rings. The monoisotopic (exact) mass is 240 g/mol. The molecule has 1 fully saturated rings. The molecule has 0 aliphatic heterocycles. The van der Waals surface area contributed by atoms with Gasteiger partial charge in [-0.25, -0.2) is 9.97 Å². The molecule has 0 aromatic carbocycles. The van der Waals surface area contributed by atoms with Crippen LogP contribution in [0, 0.1) is 0 Å². The first kappa shape index (κ1) is 11.8. The molecule has 0 radical (unpaired) electrons. The van der Waals surface area contributed by atoms with E-state index in [0.29, 0.717) is 23.5 Å². The molecule has 0 atom stereocenters. The molecule has 0 N–H and O–H groups in total. The van der Waals surface area contributed by atoms with Crippen molar-refractivity contribution in [1.82, 2.24) is 9.97 Å². The second-order valence-electron chi connectivity index (χ2n) is 4.66. The van der Waals surface area contributed by atoms with E-state index in [2.05, 4.69) is 9.97 Å². The maximum atomic E-state index is 6.02. The Bertz CT molecular complexity index is 389. The first-order chi connectivity index (χ1) is 7.53. The number of hydrogen-bond acceptors (Lipinski definition) is 3. The zero-order valence-corrected chi connectivity index (χ0v) is 10.7. The molecule has 88 valence electrons. The summed E-state index contributed by atoms with van der Waals surface area (Å²) in [6.45, 7) is 6.55. The van der Waals surface area contributed by atoms with Gasteiger partial charge in [0.05, 0.1) is 0 Å². The summed E-state index contributed by atoms with van der Waals surface area (Å²) in [5.41, 5.74) is 0.589. The molecule has 1 aliphatic carbocycles. The molecule has 4 heteroatoms. The quantitative estimate of drug-likeness (QED) is 0.758. The van der Waals surface area contributed by atoms with Crippen molar-refractivity contribution in [2.75, 3.05) is 6.61 Å². The highest BCUT2D eigenvalue weighted by Crippen LogP contribution is 2.40. The summed E-state index contributed by atoms with van der Waals surface area (Å²) in [6, 6.07) is 1.87. The lowest BCUT2D eigenvalue weighted by Gasteiger charge is -2.23. The Hall–Kier alpha value is -0.670. The van der Waals surface area contributed by atoms with Gasteiger partial charge in [0.1, 0.15) is 10.8 Å². The third kappa shape index (κ3) is 2.53. The number of halogens is 1. The van der Waals surface area contributed by atoms with Gasteiger partial charge in [-0.05, 0) is 39.7 Å². The molecule has 1 heterocycles. The smallest absolute Gasteiger partial charge is 0.161 e. The zero-order valence-electron chi connectivity index (χ0n) is 9.96. The molecule has 1 saturated carbocycles. The minimum Gasteiger partial charge on any atom is -0.368 e. The van der Waals surface area contributed by atoms with Crippen LogP contribution in [0.3, 0.4) is 0 Å². The Morgan fingerprint density at radius 2 is 2.12 bits per heavy atom. The Kier molecular flexibility index (Phi) is 3.17. The normalized spacial score (nSPS) is 16.5. The van der Waals surface area contributed by atoms with E-state index in [0.717, 1.165) is 5.69 Å². The van der Waals surface area contributed by atoms with Crippen LogP contribution >= 0.6 is 11.6 Å². The van der Waals surface area contributed by atoms with E-state index < -0.39 is 5.60 Å². The van der Waals surface area contributed by atoms with E-state index >= 15 is 0 Å². The van der Waals surface area contributed by atoms with Crippen LogP contribution in [0.2, 0.25) is 5.15 Å². The SMILES string of the molecule is CCOC(C)(C)c1nc(Cl)cc(C2CC2)n1. The van der Waals surface area contributed by atoms with Crippen LogP contribution in [-0.4, -0.2) is 16.6 Å². The Morgan fingerprint density at radius 1 is 1.44 bits per heavy atom. The highest BCUT2D eigenvalue weighted by atomic mass is 35.5. The van der Waals surface area contributed by atoms with E-state index in [1.807, 2.05) is 26.8 Å². The van der Waals surface area contributed by atoms with Gasteiger partial charge in [-0.3, -0.25) is 0 Å². The number of ether oxygens (including phenoxy) is 1. The van der Waals surface area contributed by atoms with Crippen LogP contribution in [0.5, 0.6) is 0 Å². The van der Waals surface area contributed by atoms with Gasteiger partial charge in [-0.2, -0.15) is 0 Å². The highest BCUT2D eigenvalue weighted by Gasteiger charge is 2.30. The summed E-state index contributed by atoms with van der Waals surface area (Å²) >= 11 is 6.02. The van der Waals surface area contributed by atoms with Crippen molar-refractivity contribution < 1.29 is 4.74 Å². The fourth-order valence-electron chi connectivity index (χ4n) is 1.72. The van der Waals surface area contributed by atoms with Crippen LogP contribution in [0.15, 0.2) is 6.07 Å². The fraction of sp³-hybridized carbons (Fsp3) is 0.667. The predicted molar refractivity (Wildman–Crippen MR) is 63.7 cm³/mol. The van der Waals surface area contributed by atoms with Crippen molar-refractivity contribution in [2.24, 2.45) is 0 Å². The van der Waals surface area contributed by atoms with Crippen LogP contribution < -0.4 is 0 Å². The van der Waals surface area contributed by atoms with E-state index in [9.17, 15) is 0 Å². The molecule has 0 unspecified atom stereocenters. The van der Waals surface area contributed by atoms with E-state index in [1.54, 1.807) is 0 Å². The molecule has 0 amide bonds. The van der Waals surface area contributed by atoms with Crippen LogP contribution in [0.4, 0.5) is 0 Å². The molecule has 0 saturated heterocycles. The summed E-state index contributed by atoms with van der Waals surface area (Å²) in [5.74, 6) is 1.26. The minimum atomic E-state index is -0.469. The summed E-state index contributed by atoms with van der Waals surface area (Å²) in [6.07, 6.45) is 2.42. The molecule has 3 nitrogen and oxygen atoms in total. The number of rotatable bonds is 4. The first-order valence-electron chi connectivity index (χ1n) is 5.72. The largest absolute Gasteiger partial charge is 0.368 e. The van der Waals surface area contributed by atoms with Gasteiger partial charge in [0.2, 0.25) is 0 Å². The molecule has 0 spiro atoms. The van der Waals surface area contributed by atoms with E-state index in [-0.39, 0.29) is 0 Å². The van der Waals surface area contributed by atoms with Crippen molar-refractivity contribution >= 4 is 11.6 Å². The average Bonchev–Trinajstić information content (AvgIpc) is 2.99. The first-order valence-corrected chi connectivity index (χ1v) is 6.09. The van der Waals surface area contributed by atoms with Gasteiger partial charge in [-0.15, -0.1) is 0 Å². The maximum absolute atomic E-state index is 6.02. The second kappa shape index (κ2) is 4.30. The van der Waals surface area contributed by atoms with Crippen molar-refractivity contribution in [3.8, 4) is 0 Å². The molecular weight excluding hydrogens is 224 g/mol. The topological polar surface area (TPSA) is 35.0 Å². The van der Waals surface area contributed by atoms with Crippen LogP contribution in [-0.2, 0) is 10.3 Å². The van der Waals surface area contributed by atoms with Crippen LogP contribution in [0.1, 0.15) is 51.0 Å². The Balaban J connectivity index is 2.32. The molecule has 1 aromatic rings. The van der Waals surface area contributed by atoms with E-state index in [4.69, 9.17) is 16.3 Å². The van der Waals surface area contributed by atoms with Gasteiger partial charge in [0.25, 0.3) is 0 Å². The zero-order chi connectivity index (χ0) is 11.8. The van der Waals surface area contributed by atoms with Crippen molar-refractivity contribution in [2.45, 2.75) is 45.1 Å².